The van der Waals surface area contributed by atoms with E-state index in [-0.39, 0.29) is 0 Å². The van der Waals surface area contributed by atoms with Gasteiger partial charge in [-0.05, 0) is 170 Å². The Balaban J connectivity index is 0.737. The molecular weight excluding hydrogens is 955 g/mol. The lowest BCUT2D eigenvalue weighted by Crippen LogP contribution is -2.21. The molecule has 0 aliphatic carbocycles. The van der Waals surface area contributed by atoms with Gasteiger partial charge in [-0.15, -0.1) is 0 Å². The summed E-state index contributed by atoms with van der Waals surface area (Å²) in [6.07, 6.45) is 0. The molecule has 2 heterocycles. The molecule has 0 N–H and O–H groups in total. The number of fused-ring (bicyclic) bond motifs is 12. The minimum absolute atomic E-state index is 0.574. The van der Waals surface area contributed by atoms with Gasteiger partial charge in [0.15, 0.2) is 0 Å². The van der Waals surface area contributed by atoms with Crippen LogP contribution in [0.1, 0.15) is 0 Å². The number of rotatable bonds is 7. The summed E-state index contributed by atoms with van der Waals surface area (Å²) in [6.45, 7) is 0. The summed E-state index contributed by atoms with van der Waals surface area (Å²) >= 11 is 0. The molecule has 362 valence electrons. The lowest BCUT2D eigenvalue weighted by molar-refractivity contribution is 1.18. The number of hydrogen-bond acceptors (Lipinski definition) is 0. The predicted molar refractivity (Wildman–Crippen MR) is 337 cm³/mol. The molecule has 0 unspecified atom stereocenters. The quantitative estimate of drug-likeness (QED) is 0.111. The summed E-state index contributed by atoms with van der Waals surface area (Å²) in [7, 11) is -0.574. The van der Waals surface area contributed by atoms with Gasteiger partial charge in [-0.25, -0.2) is 0 Å². The van der Waals surface area contributed by atoms with E-state index in [0.717, 1.165) is 0 Å². The fraction of sp³-hybridized carbons (Fsp3) is 0. The second-order valence-corrected chi connectivity index (χ2v) is 23.0. The first-order valence-corrected chi connectivity index (χ1v) is 28.6. The van der Waals surface area contributed by atoms with Crippen LogP contribution in [0.4, 0.5) is 0 Å². The Morgan fingerprint density at radius 2 is 0.564 bits per heavy atom. The van der Waals surface area contributed by atoms with Gasteiger partial charge in [0.25, 0.3) is 0 Å². The van der Waals surface area contributed by atoms with Gasteiger partial charge < -0.3 is 4.57 Å². The highest BCUT2D eigenvalue weighted by Crippen LogP contribution is 2.41. The van der Waals surface area contributed by atoms with Crippen molar-refractivity contribution in [2.45, 2.75) is 0 Å². The van der Waals surface area contributed by atoms with E-state index < -0.39 is 9.52 Å². The van der Waals surface area contributed by atoms with Crippen molar-refractivity contribution in [1.29, 1.82) is 0 Å². The maximum atomic E-state index is 2.50. The molecule has 0 spiro atoms. The average Bonchev–Trinajstić information content (AvgIpc) is 4.09. The highest BCUT2D eigenvalue weighted by atomic mass is 28.2. The Morgan fingerprint density at radius 1 is 0.205 bits per heavy atom. The third-order valence-corrected chi connectivity index (χ3v) is 18.8. The molecule has 1 aliphatic rings. The fourth-order valence-corrected chi connectivity index (χ4v) is 14.9. The maximum absolute atomic E-state index is 2.50. The fourth-order valence-electron chi connectivity index (χ4n) is 12.9. The van der Waals surface area contributed by atoms with Gasteiger partial charge in [-0.1, -0.05) is 247 Å². The molecule has 0 saturated heterocycles. The number of nitrogens with zero attached hydrogens (tertiary/aromatic N) is 1. The Kier molecular flexibility index (Phi) is 10.2. The molecular formula is C76H49NSi. The molecule has 0 radical (unpaired) electrons. The van der Waals surface area contributed by atoms with Crippen molar-refractivity contribution >= 4 is 84.8 Å². The van der Waals surface area contributed by atoms with E-state index >= 15 is 0 Å². The van der Waals surface area contributed by atoms with Crippen molar-refractivity contribution in [2.24, 2.45) is 0 Å². The Labute approximate surface area is 455 Å². The van der Waals surface area contributed by atoms with Crippen LogP contribution in [0.3, 0.4) is 0 Å². The lowest BCUT2D eigenvalue weighted by Gasteiger charge is -2.12. The van der Waals surface area contributed by atoms with Gasteiger partial charge in [0.1, 0.15) is 0 Å². The van der Waals surface area contributed by atoms with Gasteiger partial charge in [-0.3, -0.25) is 0 Å². The number of aromatic nitrogens is 1. The summed E-state index contributed by atoms with van der Waals surface area (Å²) in [6, 6.07) is 106. The molecule has 1 nitrogen and oxygen atoms in total. The topological polar surface area (TPSA) is 4.93 Å². The highest BCUT2D eigenvalue weighted by molar-refractivity contribution is 6.73. The smallest absolute Gasteiger partial charge is 0.0892 e. The Hall–Kier alpha value is -9.86. The van der Waals surface area contributed by atoms with Crippen LogP contribution in [-0.4, -0.2) is 14.1 Å². The van der Waals surface area contributed by atoms with Crippen LogP contribution in [0, 0.1) is 0 Å². The van der Waals surface area contributed by atoms with Crippen LogP contribution in [0.25, 0.3) is 148 Å². The zero-order valence-electron chi connectivity index (χ0n) is 42.8. The lowest BCUT2D eigenvalue weighted by atomic mass is 9.92. The summed E-state index contributed by atoms with van der Waals surface area (Å²) in [4.78, 5) is 0. The van der Waals surface area contributed by atoms with E-state index in [2.05, 4.69) is 290 Å². The Morgan fingerprint density at radius 3 is 1.04 bits per heavy atom. The van der Waals surface area contributed by atoms with Crippen molar-refractivity contribution in [3.05, 3.63) is 285 Å². The molecule has 0 atom stereocenters. The number of benzene rings is 14. The highest BCUT2D eigenvalue weighted by Gasteiger charge is 2.21. The van der Waals surface area contributed by atoms with Crippen molar-refractivity contribution in [3.63, 3.8) is 0 Å². The molecule has 0 fully saturated rings. The van der Waals surface area contributed by atoms with Crippen molar-refractivity contribution in [1.82, 2.24) is 4.57 Å². The monoisotopic (exact) mass is 1000 g/mol. The second-order valence-electron chi connectivity index (χ2n) is 21.2. The minimum atomic E-state index is -0.574. The van der Waals surface area contributed by atoms with Gasteiger partial charge in [0.05, 0.1) is 20.6 Å². The first-order chi connectivity index (χ1) is 38.6. The van der Waals surface area contributed by atoms with Crippen molar-refractivity contribution < 1.29 is 0 Å². The Bertz CT molecular complexity index is 4630. The third kappa shape index (κ3) is 7.29. The second kappa shape index (κ2) is 17.9. The molecule has 0 bridgehead atoms. The van der Waals surface area contributed by atoms with Gasteiger partial charge in [0, 0.05) is 16.5 Å². The first kappa shape index (κ1) is 44.4. The van der Waals surface area contributed by atoms with Crippen LogP contribution >= 0.6 is 0 Å². The van der Waals surface area contributed by atoms with Crippen LogP contribution in [0.15, 0.2) is 285 Å². The first-order valence-electron chi connectivity index (χ1n) is 27.2. The molecule has 15 aromatic rings. The van der Waals surface area contributed by atoms with Crippen molar-refractivity contribution in [3.8, 4) is 83.6 Å². The molecule has 1 aromatic heterocycles. The zero-order chi connectivity index (χ0) is 51.3. The normalized spacial score (nSPS) is 12.4. The summed E-state index contributed by atoms with van der Waals surface area (Å²) < 4.78 is 2.50. The largest absolute Gasteiger partial charge is 0.309 e. The SMILES string of the molecule is c1ccc2c(c1)[SiH2]c1cc(-n3c4ccc(-c5ccc(-c6ccc(-c7cc8ccccc8c8ccccc78)cc6)cc5)cc4c4cc(-c5ccc(-c6ccc(-c7cc8ccccc8c8ccccc78)cc6)cc5)ccc43)ccc1-2. The molecule has 16 rings (SSSR count). The summed E-state index contributed by atoms with van der Waals surface area (Å²) in [5, 5.41) is 15.8. The van der Waals surface area contributed by atoms with E-state index in [1.165, 1.54) is 159 Å². The van der Waals surface area contributed by atoms with E-state index in [4.69, 9.17) is 0 Å². The standard InChI is InChI=1S/C76H49NSi/c1-3-13-61-58(11-1)45-69(65-17-7-5-15-63(61)65)54-33-29-50(30-34-54)48-21-25-52(26-22-48)56-37-41-73-71(43-56)72-44-57(38-42-74(72)77(73)60-39-40-68-67-19-9-10-20-75(67)78-76(68)47-60)53-27-23-49(24-28-53)51-31-35-55(36-32-51)70-46-59-12-2-4-14-62(59)64-16-6-8-18-66(64)70/h1-47H,78H2. The van der Waals surface area contributed by atoms with E-state index in [0.29, 0.717) is 0 Å². The predicted octanol–water partition coefficient (Wildman–Crippen LogP) is 18.5. The van der Waals surface area contributed by atoms with Gasteiger partial charge in [-0.2, -0.15) is 0 Å². The van der Waals surface area contributed by atoms with Crippen LogP contribution in [-0.2, 0) is 0 Å². The van der Waals surface area contributed by atoms with Gasteiger partial charge >= 0.3 is 0 Å². The molecule has 2 heteroatoms. The van der Waals surface area contributed by atoms with E-state index in [1.54, 1.807) is 0 Å². The third-order valence-electron chi connectivity index (χ3n) is 16.8. The van der Waals surface area contributed by atoms with E-state index in [1.807, 2.05) is 0 Å². The van der Waals surface area contributed by atoms with Crippen LogP contribution in [0.5, 0.6) is 0 Å². The minimum Gasteiger partial charge on any atom is -0.309 e. The number of hydrogen-bond donors (Lipinski definition) is 0. The summed E-state index contributed by atoms with van der Waals surface area (Å²) in [5.74, 6) is 0. The van der Waals surface area contributed by atoms with Gasteiger partial charge in [0.2, 0.25) is 0 Å². The molecule has 1 aliphatic heterocycles. The molecule has 0 amide bonds. The molecule has 14 aromatic carbocycles. The van der Waals surface area contributed by atoms with E-state index in [9.17, 15) is 0 Å². The molecule has 0 saturated carbocycles. The van der Waals surface area contributed by atoms with Crippen molar-refractivity contribution in [2.75, 3.05) is 0 Å². The average molecular weight is 1000 g/mol. The van der Waals surface area contributed by atoms with Crippen LogP contribution < -0.4 is 10.4 Å². The zero-order valence-corrected chi connectivity index (χ0v) is 44.2. The maximum Gasteiger partial charge on any atom is 0.0892 e. The molecule has 78 heavy (non-hydrogen) atoms. The summed E-state index contributed by atoms with van der Waals surface area (Å²) in [5.41, 5.74) is 21.1. The van der Waals surface area contributed by atoms with Crippen LogP contribution in [0.2, 0.25) is 0 Å².